The summed E-state index contributed by atoms with van der Waals surface area (Å²) in [5.74, 6) is 0. The van der Waals surface area contributed by atoms with Gasteiger partial charge in [0.05, 0.1) is 0 Å². The Balaban J connectivity index is 0. The second kappa shape index (κ2) is 6.42. The Kier molecular flexibility index (Phi) is 8.55. The van der Waals surface area contributed by atoms with Crippen LogP contribution in [0.25, 0.3) is 0 Å². The first kappa shape index (κ1) is 13.3. The van der Waals surface area contributed by atoms with Crippen LogP contribution < -0.4 is 9.32 Å². The Morgan fingerprint density at radius 2 is 1.50 bits per heavy atom. The number of halogens is 4. The van der Waals surface area contributed by atoms with Crippen LogP contribution in [0.5, 0.6) is 0 Å². The van der Waals surface area contributed by atoms with Crippen molar-refractivity contribution in [1.29, 1.82) is 0 Å². The monoisotopic (exact) mass is 230 g/mol. The average molecular weight is 232 g/mol. The molecular formula is C2H2Cl4O4. The second-order valence-corrected chi connectivity index (χ2v) is 3.63. The normalized spacial score (nSPS) is 10.3. The van der Waals surface area contributed by atoms with Crippen LogP contribution in [0.1, 0.15) is 0 Å². The second-order valence-electron chi connectivity index (χ2n) is 0.860. The summed E-state index contributed by atoms with van der Waals surface area (Å²) in [4.78, 5) is 9.43. The van der Waals surface area contributed by atoms with E-state index in [1.165, 1.54) is 0 Å². The Morgan fingerprint density at radius 3 is 1.50 bits per heavy atom. The van der Waals surface area contributed by atoms with Gasteiger partial charge in [-0.05, 0) is 0 Å². The molecule has 0 fully saturated rings. The molecule has 0 rings (SSSR count). The van der Waals surface area contributed by atoms with E-state index in [2.05, 4.69) is 0 Å². The van der Waals surface area contributed by atoms with E-state index in [1.54, 1.807) is 0 Å². The summed E-state index contributed by atoms with van der Waals surface area (Å²) in [6.07, 6.45) is 0.234. The average Bonchev–Trinajstić information content (AvgIpc) is 1.63. The number of rotatable bonds is 0. The Labute approximate surface area is 74.7 Å². The minimum absolute atomic E-state index is 0.234. The molecule has 0 saturated carbocycles. The molecule has 1 N–H and O–H groups in total. The first-order valence-corrected chi connectivity index (χ1v) is 3.66. The third-order valence-electron chi connectivity index (χ3n) is 0.134. The van der Waals surface area contributed by atoms with Crippen molar-refractivity contribution in [3.05, 3.63) is 0 Å². The third kappa shape index (κ3) is 37.6. The molecular weight excluding hydrogens is 230 g/mol. The summed E-state index contributed by atoms with van der Waals surface area (Å²) in [7, 11) is -2.60. The zero-order valence-corrected chi connectivity index (χ0v) is 7.28. The van der Waals surface area contributed by atoms with Gasteiger partial charge in [0.1, 0.15) is 0 Å². The van der Waals surface area contributed by atoms with E-state index in [4.69, 9.17) is 48.8 Å². The highest BCUT2D eigenvalue weighted by molar-refractivity contribution is 6.74. The van der Waals surface area contributed by atoms with Crippen LogP contribution in [0.4, 0.5) is 0 Å². The molecule has 0 radical (unpaired) electrons. The highest BCUT2D eigenvalue weighted by Gasteiger charge is 2.16. The molecule has 0 aromatic carbocycles. The Morgan fingerprint density at radius 1 is 1.40 bits per heavy atom. The standard InChI is InChI=1S/C2HCl3O.ClHO3/c3-2(4,5)1-6;2-1(3)4/h1H;2H. The highest BCUT2D eigenvalue weighted by atomic mass is 35.6. The zero-order chi connectivity index (χ0) is 8.78. The topological polar surface area (TPSA) is 83.4 Å². The molecule has 0 atom stereocenters. The van der Waals surface area contributed by atoms with Crippen LogP contribution in [0, 0.1) is 10.8 Å². The largest absolute Gasteiger partial charge is 0.321 e. The lowest BCUT2D eigenvalue weighted by Crippen LogP contribution is -2.30. The van der Waals surface area contributed by atoms with Crippen molar-refractivity contribution in [3.8, 4) is 0 Å². The summed E-state index contributed by atoms with van der Waals surface area (Å²) in [5.41, 5.74) is 0. The fourth-order valence-corrected chi connectivity index (χ4v) is 0. The van der Waals surface area contributed by atoms with Crippen molar-refractivity contribution in [3.63, 3.8) is 0 Å². The first-order valence-electron chi connectivity index (χ1n) is 1.57. The maximum Gasteiger partial charge on any atom is 0.282 e. The van der Waals surface area contributed by atoms with Crippen molar-refractivity contribution < 1.29 is 29.6 Å². The number of hydrogen-bond donors (Lipinski definition) is 1. The van der Waals surface area contributed by atoms with E-state index in [0.717, 1.165) is 0 Å². The molecule has 62 valence electrons. The van der Waals surface area contributed by atoms with Crippen molar-refractivity contribution in [1.82, 2.24) is 0 Å². The molecule has 4 nitrogen and oxygen atoms in total. The minimum Gasteiger partial charge on any atom is -0.321 e. The molecule has 0 aliphatic heterocycles. The van der Waals surface area contributed by atoms with Crippen molar-refractivity contribution in [2.45, 2.75) is 3.79 Å². The van der Waals surface area contributed by atoms with Gasteiger partial charge in [0.15, 0.2) is 6.29 Å². The van der Waals surface area contributed by atoms with Crippen LogP contribution in [-0.2, 0) is 4.79 Å². The molecule has 0 saturated heterocycles. The molecule has 0 heterocycles. The van der Waals surface area contributed by atoms with Crippen LogP contribution >= 0.6 is 34.8 Å². The van der Waals surface area contributed by atoms with Crippen LogP contribution in [0.15, 0.2) is 0 Å². The molecule has 10 heavy (non-hydrogen) atoms. The molecule has 0 spiro atoms. The van der Waals surface area contributed by atoms with E-state index in [9.17, 15) is 4.79 Å². The van der Waals surface area contributed by atoms with Crippen molar-refractivity contribution in [2.24, 2.45) is 0 Å². The van der Waals surface area contributed by atoms with Gasteiger partial charge in [-0.25, -0.2) is 0 Å². The predicted molar refractivity (Wildman–Crippen MR) is 28.6 cm³/mol. The Bertz CT molecular complexity index is 85.0. The number of alkyl halides is 3. The summed E-state index contributed by atoms with van der Waals surface area (Å²) >= 11 is 14.6. The smallest absolute Gasteiger partial charge is 0.282 e. The van der Waals surface area contributed by atoms with Gasteiger partial charge in [-0.15, -0.1) is 0 Å². The molecule has 0 amide bonds. The van der Waals surface area contributed by atoms with Gasteiger partial charge in [-0.1, -0.05) is 34.8 Å². The van der Waals surface area contributed by atoms with Crippen LogP contribution in [0.2, 0.25) is 0 Å². The van der Waals surface area contributed by atoms with Gasteiger partial charge < -0.3 is 9.32 Å². The Hall–Kier alpha value is 0.710. The zero-order valence-electron chi connectivity index (χ0n) is 4.26. The SMILES string of the molecule is O=CC(Cl)(Cl)Cl.[O-][Cl+2]([O-])O. The molecule has 0 bridgehead atoms. The lowest BCUT2D eigenvalue weighted by atomic mass is 10.9. The van der Waals surface area contributed by atoms with Gasteiger partial charge in [0.25, 0.3) is 10.8 Å². The fourth-order valence-electron chi connectivity index (χ4n) is 0. The predicted octanol–water partition coefficient (Wildman–Crippen LogP) is -1.38. The quantitative estimate of drug-likeness (QED) is 0.412. The highest BCUT2D eigenvalue weighted by Crippen LogP contribution is 2.21. The molecule has 0 unspecified atom stereocenters. The van der Waals surface area contributed by atoms with E-state index in [1.807, 2.05) is 0 Å². The first-order chi connectivity index (χ1) is 4.29. The van der Waals surface area contributed by atoms with Crippen LogP contribution in [-0.4, -0.2) is 14.7 Å². The number of aldehydes is 1. The summed E-state index contributed by atoms with van der Waals surface area (Å²) in [6.45, 7) is 0. The number of hydrogen-bond acceptors (Lipinski definition) is 4. The summed E-state index contributed by atoms with van der Waals surface area (Å²) < 4.78 is 22.2. The lowest BCUT2D eigenvalue weighted by Gasteiger charge is -1.93. The van der Waals surface area contributed by atoms with Gasteiger partial charge in [-0.3, -0.25) is 4.79 Å². The van der Waals surface area contributed by atoms with Crippen molar-refractivity contribution in [2.75, 3.05) is 0 Å². The van der Waals surface area contributed by atoms with E-state index in [0.29, 0.717) is 0 Å². The third-order valence-corrected chi connectivity index (χ3v) is 0.401. The lowest BCUT2D eigenvalue weighted by molar-refractivity contribution is -1.63. The number of carbonyl (C=O) groups is 1. The van der Waals surface area contributed by atoms with Gasteiger partial charge in [-0.2, -0.15) is 0 Å². The van der Waals surface area contributed by atoms with Crippen molar-refractivity contribution >= 4 is 41.1 Å². The van der Waals surface area contributed by atoms with Gasteiger partial charge in [0.2, 0.25) is 3.79 Å². The maximum absolute atomic E-state index is 9.43. The minimum atomic E-state index is -2.60. The summed E-state index contributed by atoms with van der Waals surface area (Å²) in [5, 5.41) is 0. The molecule has 0 aromatic rings. The van der Waals surface area contributed by atoms with Gasteiger partial charge in [0, 0.05) is 4.66 Å². The number of carbonyl (C=O) groups excluding carboxylic acids is 1. The van der Waals surface area contributed by atoms with E-state index >= 15 is 0 Å². The maximum atomic E-state index is 9.43. The molecule has 8 heteroatoms. The molecule has 0 aliphatic carbocycles. The molecule has 0 aromatic heterocycles. The van der Waals surface area contributed by atoms with Gasteiger partial charge >= 0.3 is 0 Å². The van der Waals surface area contributed by atoms with E-state index < -0.39 is 14.6 Å². The summed E-state index contributed by atoms with van der Waals surface area (Å²) in [6, 6.07) is 0. The van der Waals surface area contributed by atoms with Crippen LogP contribution in [0.3, 0.4) is 0 Å². The van der Waals surface area contributed by atoms with E-state index in [-0.39, 0.29) is 6.29 Å². The fraction of sp³-hybridized carbons (Fsp3) is 0.500. The molecule has 0 aliphatic rings.